The van der Waals surface area contributed by atoms with Gasteiger partial charge in [0.25, 0.3) is 0 Å². The SMILES string of the molecule is CCCC(CC(=O)O)NC(=O)N1CCCC2CCCC21. The number of likely N-dealkylation sites (tertiary alicyclic amines) is 1. The van der Waals surface area contributed by atoms with Crippen molar-refractivity contribution in [1.29, 1.82) is 0 Å². The van der Waals surface area contributed by atoms with Crippen LogP contribution in [-0.4, -0.2) is 40.6 Å². The second-order valence-corrected chi connectivity index (χ2v) is 6.13. The summed E-state index contributed by atoms with van der Waals surface area (Å²) in [6.45, 7) is 2.83. The van der Waals surface area contributed by atoms with E-state index in [-0.39, 0.29) is 18.5 Å². The lowest BCUT2D eigenvalue weighted by molar-refractivity contribution is -0.137. The Hall–Kier alpha value is -1.26. The molecule has 114 valence electrons. The number of aliphatic carboxylic acids is 1. The third kappa shape index (κ3) is 3.64. The first-order valence-corrected chi connectivity index (χ1v) is 7.90. The third-order valence-corrected chi connectivity index (χ3v) is 4.64. The van der Waals surface area contributed by atoms with Crippen molar-refractivity contribution < 1.29 is 14.7 Å². The first kappa shape index (κ1) is 15.1. The highest BCUT2D eigenvalue weighted by atomic mass is 16.4. The standard InChI is InChI=1S/C15H26N2O3/c1-2-5-12(10-14(18)19)16-15(20)17-9-4-7-11-6-3-8-13(11)17/h11-13H,2-10H2,1H3,(H,16,20)(H,18,19). The Labute approximate surface area is 120 Å². The Morgan fingerprint density at radius 3 is 2.75 bits per heavy atom. The molecule has 1 saturated carbocycles. The van der Waals surface area contributed by atoms with Crippen LogP contribution in [0.25, 0.3) is 0 Å². The monoisotopic (exact) mass is 282 g/mol. The molecule has 3 atom stereocenters. The molecule has 0 aromatic rings. The number of carbonyl (C=O) groups excluding carboxylic acids is 1. The van der Waals surface area contributed by atoms with Crippen molar-refractivity contribution in [2.45, 2.75) is 70.4 Å². The zero-order valence-corrected chi connectivity index (χ0v) is 12.3. The van der Waals surface area contributed by atoms with Crippen molar-refractivity contribution in [1.82, 2.24) is 10.2 Å². The van der Waals surface area contributed by atoms with Crippen LogP contribution >= 0.6 is 0 Å². The smallest absolute Gasteiger partial charge is 0.317 e. The Balaban J connectivity index is 1.93. The summed E-state index contributed by atoms with van der Waals surface area (Å²) in [7, 11) is 0. The quantitative estimate of drug-likeness (QED) is 0.814. The van der Waals surface area contributed by atoms with Crippen LogP contribution in [0.5, 0.6) is 0 Å². The summed E-state index contributed by atoms with van der Waals surface area (Å²) in [6.07, 6.45) is 7.49. The fourth-order valence-corrected chi connectivity index (χ4v) is 3.75. The van der Waals surface area contributed by atoms with Gasteiger partial charge in [0.1, 0.15) is 0 Å². The average Bonchev–Trinajstić information content (AvgIpc) is 2.85. The normalized spacial score (nSPS) is 26.9. The zero-order chi connectivity index (χ0) is 14.5. The van der Waals surface area contributed by atoms with Crippen LogP contribution in [0.2, 0.25) is 0 Å². The lowest BCUT2D eigenvalue weighted by Crippen LogP contribution is -2.53. The van der Waals surface area contributed by atoms with E-state index in [1.807, 2.05) is 11.8 Å². The molecule has 2 aliphatic rings. The van der Waals surface area contributed by atoms with Gasteiger partial charge in [-0.2, -0.15) is 0 Å². The molecule has 0 radical (unpaired) electrons. The molecule has 1 aliphatic carbocycles. The summed E-state index contributed by atoms with van der Waals surface area (Å²) in [6, 6.07) is 0.0870. The maximum atomic E-state index is 12.4. The van der Waals surface area contributed by atoms with Crippen LogP contribution in [0.4, 0.5) is 4.79 Å². The molecule has 2 amide bonds. The highest BCUT2D eigenvalue weighted by Gasteiger charge is 2.37. The van der Waals surface area contributed by atoms with Gasteiger partial charge in [-0.15, -0.1) is 0 Å². The Morgan fingerprint density at radius 1 is 1.30 bits per heavy atom. The first-order chi connectivity index (χ1) is 9.61. The predicted molar refractivity (Wildman–Crippen MR) is 76.5 cm³/mol. The van der Waals surface area contributed by atoms with Crippen molar-refractivity contribution in [2.75, 3.05) is 6.54 Å². The van der Waals surface area contributed by atoms with E-state index < -0.39 is 5.97 Å². The highest BCUT2D eigenvalue weighted by Crippen LogP contribution is 2.36. The van der Waals surface area contributed by atoms with Crippen LogP contribution < -0.4 is 5.32 Å². The van der Waals surface area contributed by atoms with E-state index in [1.54, 1.807) is 0 Å². The predicted octanol–water partition coefficient (Wildman–Crippen LogP) is 2.60. The number of piperidine rings is 1. The van der Waals surface area contributed by atoms with Crippen LogP contribution in [-0.2, 0) is 4.79 Å². The Morgan fingerprint density at radius 2 is 2.05 bits per heavy atom. The number of urea groups is 1. The molecular formula is C15H26N2O3. The maximum Gasteiger partial charge on any atom is 0.317 e. The molecule has 1 aliphatic heterocycles. The molecule has 0 spiro atoms. The molecule has 20 heavy (non-hydrogen) atoms. The van der Waals surface area contributed by atoms with E-state index in [4.69, 9.17) is 5.11 Å². The second kappa shape index (κ2) is 6.95. The summed E-state index contributed by atoms with van der Waals surface area (Å²) < 4.78 is 0. The summed E-state index contributed by atoms with van der Waals surface area (Å²) in [5, 5.41) is 11.9. The van der Waals surface area contributed by atoms with E-state index in [1.165, 1.54) is 19.3 Å². The topological polar surface area (TPSA) is 69.6 Å². The van der Waals surface area contributed by atoms with Crippen molar-refractivity contribution in [3.63, 3.8) is 0 Å². The third-order valence-electron chi connectivity index (χ3n) is 4.64. The van der Waals surface area contributed by atoms with E-state index in [0.717, 1.165) is 32.2 Å². The summed E-state index contributed by atoms with van der Waals surface area (Å²) in [5.74, 6) is -0.181. The Kier molecular flexibility index (Phi) is 5.26. The number of carboxylic acid groups (broad SMARTS) is 1. The number of hydrogen-bond donors (Lipinski definition) is 2. The summed E-state index contributed by atoms with van der Waals surface area (Å²) in [5.41, 5.74) is 0. The number of carboxylic acids is 1. The van der Waals surface area contributed by atoms with Crippen LogP contribution in [0, 0.1) is 5.92 Å². The number of nitrogens with zero attached hydrogens (tertiary/aromatic N) is 1. The molecule has 1 heterocycles. The van der Waals surface area contributed by atoms with Gasteiger partial charge in [-0.1, -0.05) is 19.8 Å². The average molecular weight is 282 g/mol. The van der Waals surface area contributed by atoms with Gasteiger partial charge >= 0.3 is 12.0 Å². The molecule has 5 heteroatoms. The maximum absolute atomic E-state index is 12.4. The fraction of sp³-hybridized carbons (Fsp3) is 0.867. The fourth-order valence-electron chi connectivity index (χ4n) is 3.75. The highest BCUT2D eigenvalue weighted by molar-refractivity contribution is 5.76. The second-order valence-electron chi connectivity index (χ2n) is 6.13. The van der Waals surface area contributed by atoms with E-state index >= 15 is 0 Å². The number of carbonyl (C=O) groups is 2. The zero-order valence-electron chi connectivity index (χ0n) is 12.3. The molecule has 5 nitrogen and oxygen atoms in total. The molecule has 0 aromatic carbocycles. The molecule has 2 fully saturated rings. The molecule has 0 aromatic heterocycles. The van der Waals surface area contributed by atoms with Gasteiger partial charge in [0, 0.05) is 18.6 Å². The van der Waals surface area contributed by atoms with Gasteiger partial charge < -0.3 is 15.3 Å². The van der Waals surface area contributed by atoms with Gasteiger partial charge in [0.15, 0.2) is 0 Å². The van der Waals surface area contributed by atoms with Crippen molar-refractivity contribution >= 4 is 12.0 Å². The molecule has 1 saturated heterocycles. The molecule has 2 rings (SSSR count). The number of fused-ring (bicyclic) bond motifs is 1. The minimum absolute atomic E-state index is 0.0154. The molecular weight excluding hydrogens is 256 g/mol. The number of nitrogens with one attached hydrogen (secondary N) is 1. The van der Waals surface area contributed by atoms with Crippen molar-refractivity contribution in [3.05, 3.63) is 0 Å². The van der Waals surface area contributed by atoms with Gasteiger partial charge in [-0.05, 0) is 38.0 Å². The summed E-state index contributed by atoms with van der Waals surface area (Å²) >= 11 is 0. The van der Waals surface area contributed by atoms with Crippen molar-refractivity contribution in [2.24, 2.45) is 5.92 Å². The largest absolute Gasteiger partial charge is 0.481 e. The minimum Gasteiger partial charge on any atom is -0.481 e. The Bertz CT molecular complexity index is 359. The van der Waals surface area contributed by atoms with Crippen LogP contribution in [0.1, 0.15) is 58.3 Å². The molecule has 0 bridgehead atoms. The summed E-state index contributed by atoms with van der Waals surface area (Å²) in [4.78, 5) is 25.3. The van der Waals surface area contributed by atoms with E-state index in [9.17, 15) is 9.59 Å². The van der Waals surface area contributed by atoms with Gasteiger partial charge in [0.05, 0.1) is 6.42 Å². The number of hydrogen-bond acceptors (Lipinski definition) is 2. The number of amides is 2. The van der Waals surface area contributed by atoms with Crippen LogP contribution in [0.15, 0.2) is 0 Å². The van der Waals surface area contributed by atoms with Crippen molar-refractivity contribution in [3.8, 4) is 0 Å². The lowest BCUT2D eigenvalue weighted by atomic mass is 9.92. The molecule has 2 N–H and O–H groups in total. The number of rotatable bonds is 5. The first-order valence-electron chi connectivity index (χ1n) is 7.90. The molecule has 3 unspecified atom stereocenters. The van der Waals surface area contributed by atoms with E-state index in [0.29, 0.717) is 12.0 Å². The van der Waals surface area contributed by atoms with Gasteiger partial charge in [0.2, 0.25) is 0 Å². The van der Waals surface area contributed by atoms with Gasteiger partial charge in [-0.3, -0.25) is 4.79 Å². The van der Waals surface area contributed by atoms with E-state index in [2.05, 4.69) is 5.32 Å². The van der Waals surface area contributed by atoms with Gasteiger partial charge in [-0.25, -0.2) is 4.79 Å². The van der Waals surface area contributed by atoms with Crippen LogP contribution in [0.3, 0.4) is 0 Å². The minimum atomic E-state index is -0.846. The lowest BCUT2D eigenvalue weighted by Gasteiger charge is -2.38.